The lowest BCUT2D eigenvalue weighted by Crippen LogP contribution is -2.37. The molecule has 0 spiro atoms. The molecular weight excluding hydrogens is 398 g/mol. The Bertz CT molecular complexity index is 1080. The predicted octanol–water partition coefficient (Wildman–Crippen LogP) is 4.44. The van der Waals surface area contributed by atoms with Crippen LogP contribution in [0.25, 0.3) is 21.5 Å². The molecule has 0 saturated heterocycles. The molecule has 0 bridgehead atoms. The number of esters is 1. The molecule has 0 aliphatic rings. The molecule has 6 nitrogen and oxygen atoms in total. The lowest BCUT2D eigenvalue weighted by atomic mass is 10.0. The Morgan fingerprint density at radius 2 is 2.13 bits per heavy atom. The van der Waals surface area contributed by atoms with Gasteiger partial charge in [0.05, 0.1) is 23.1 Å². The van der Waals surface area contributed by atoms with Gasteiger partial charge >= 0.3 is 5.97 Å². The van der Waals surface area contributed by atoms with Gasteiger partial charge in [-0.25, -0.2) is 0 Å². The minimum Gasteiger partial charge on any atom is -0.453 e. The van der Waals surface area contributed by atoms with E-state index in [1.54, 1.807) is 25.3 Å². The van der Waals surface area contributed by atoms with Crippen molar-refractivity contribution in [2.45, 2.75) is 39.2 Å². The van der Waals surface area contributed by atoms with Crippen LogP contribution in [0.2, 0.25) is 0 Å². The highest BCUT2D eigenvalue weighted by Gasteiger charge is 2.22. The summed E-state index contributed by atoms with van der Waals surface area (Å²) in [6, 6.07) is 12.3. The number of H-pyrrole nitrogens is 1. The summed E-state index contributed by atoms with van der Waals surface area (Å²) in [7, 11) is 1.60. The third-order valence-electron chi connectivity index (χ3n) is 5.00. The van der Waals surface area contributed by atoms with Crippen molar-refractivity contribution in [3.05, 3.63) is 46.8 Å². The Labute approximate surface area is 180 Å². The zero-order valence-corrected chi connectivity index (χ0v) is 18.2. The number of benzene rings is 1. The van der Waals surface area contributed by atoms with Crippen molar-refractivity contribution in [3.8, 4) is 16.6 Å². The fraction of sp³-hybridized carbons (Fsp3) is 0.348. The molecule has 2 heterocycles. The summed E-state index contributed by atoms with van der Waals surface area (Å²) in [6.07, 6.45) is 0.0663. The fourth-order valence-electron chi connectivity index (χ4n) is 3.42. The Morgan fingerprint density at radius 3 is 2.83 bits per heavy atom. The van der Waals surface area contributed by atoms with Gasteiger partial charge in [0, 0.05) is 30.9 Å². The molecule has 0 aliphatic carbocycles. The molecule has 1 amide bonds. The number of aromatic nitrogens is 1. The second kappa shape index (κ2) is 9.59. The second-order valence-electron chi connectivity index (χ2n) is 7.30. The molecule has 0 unspecified atom stereocenters. The molecule has 0 saturated carbocycles. The predicted molar refractivity (Wildman–Crippen MR) is 118 cm³/mol. The first-order chi connectivity index (χ1) is 14.4. The summed E-state index contributed by atoms with van der Waals surface area (Å²) < 4.78 is 5.36. The molecular formula is C23H25N3O3S. The van der Waals surface area contributed by atoms with Crippen LogP contribution in [-0.2, 0) is 20.7 Å². The summed E-state index contributed by atoms with van der Waals surface area (Å²) >= 11 is 1.65. The zero-order valence-electron chi connectivity index (χ0n) is 17.4. The van der Waals surface area contributed by atoms with Crippen LogP contribution in [0, 0.1) is 18.3 Å². The number of amides is 1. The summed E-state index contributed by atoms with van der Waals surface area (Å²) in [5.41, 5.74) is 4.30. The Balaban J connectivity index is 1.71. The number of ether oxygens (including phenoxy) is 1. The van der Waals surface area contributed by atoms with Gasteiger partial charge in [0.2, 0.25) is 0 Å². The van der Waals surface area contributed by atoms with E-state index in [0.29, 0.717) is 13.0 Å². The standard InChI is InChI=1S/C23H25N3O3S/c1-15-7-9-19-18(14-15)17(22(25-19)20-6-4-13-30-20)8-10-21(27)29-16(2)23(28)26(3)12-5-11-24/h4,6-7,9,13-14,16,25H,5,8,10,12H2,1-3H3/t16-/m0/s1. The van der Waals surface area contributed by atoms with Crippen LogP contribution in [0.15, 0.2) is 35.7 Å². The monoisotopic (exact) mass is 423 g/mol. The molecule has 0 aliphatic heterocycles. The first-order valence-corrected chi connectivity index (χ1v) is 10.7. The van der Waals surface area contributed by atoms with Gasteiger partial charge in [-0.1, -0.05) is 17.7 Å². The van der Waals surface area contributed by atoms with Crippen molar-refractivity contribution in [3.63, 3.8) is 0 Å². The number of aryl methyl sites for hydroxylation is 2. The van der Waals surface area contributed by atoms with E-state index in [4.69, 9.17) is 10.00 Å². The summed E-state index contributed by atoms with van der Waals surface area (Å²) in [5.74, 6) is -0.718. The van der Waals surface area contributed by atoms with Gasteiger partial charge in [-0.3, -0.25) is 9.59 Å². The van der Waals surface area contributed by atoms with E-state index in [1.807, 2.05) is 24.4 Å². The molecule has 156 valence electrons. The van der Waals surface area contributed by atoms with Gasteiger partial charge in [0.25, 0.3) is 5.91 Å². The van der Waals surface area contributed by atoms with Gasteiger partial charge in [-0.05, 0) is 49.4 Å². The van der Waals surface area contributed by atoms with E-state index >= 15 is 0 Å². The largest absolute Gasteiger partial charge is 0.453 e. The maximum absolute atomic E-state index is 12.4. The van der Waals surface area contributed by atoms with Crippen molar-refractivity contribution < 1.29 is 14.3 Å². The van der Waals surface area contributed by atoms with Crippen LogP contribution in [0.5, 0.6) is 0 Å². The number of carbonyl (C=O) groups excluding carboxylic acids is 2. The average Bonchev–Trinajstić information content (AvgIpc) is 3.37. The minimum absolute atomic E-state index is 0.179. The zero-order chi connectivity index (χ0) is 21.7. The molecule has 0 radical (unpaired) electrons. The van der Waals surface area contributed by atoms with E-state index in [0.717, 1.165) is 32.6 Å². The van der Waals surface area contributed by atoms with Crippen LogP contribution in [0.1, 0.15) is 30.9 Å². The number of thiophene rings is 1. The molecule has 1 atom stereocenters. The summed E-state index contributed by atoms with van der Waals surface area (Å²) in [6.45, 7) is 3.93. The number of aromatic amines is 1. The highest BCUT2D eigenvalue weighted by molar-refractivity contribution is 7.13. The van der Waals surface area contributed by atoms with Crippen LogP contribution in [0.4, 0.5) is 0 Å². The molecule has 0 fully saturated rings. The topological polar surface area (TPSA) is 86.2 Å². The smallest absolute Gasteiger partial charge is 0.306 e. The quantitative estimate of drug-likeness (QED) is 0.543. The number of likely N-dealkylation sites (N-methyl/N-ethyl adjacent to an activating group) is 1. The third kappa shape index (κ3) is 4.89. The molecule has 7 heteroatoms. The number of nitriles is 1. The Kier molecular flexibility index (Phi) is 6.91. The van der Waals surface area contributed by atoms with E-state index in [9.17, 15) is 9.59 Å². The van der Waals surface area contributed by atoms with E-state index in [-0.39, 0.29) is 18.7 Å². The lowest BCUT2D eigenvalue weighted by Gasteiger charge is -2.20. The minimum atomic E-state index is -0.872. The van der Waals surface area contributed by atoms with E-state index in [2.05, 4.69) is 29.2 Å². The molecule has 3 aromatic rings. The Hall–Kier alpha value is -3.11. The molecule has 1 aromatic carbocycles. The van der Waals surface area contributed by atoms with Crippen molar-refractivity contribution in [1.82, 2.24) is 9.88 Å². The molecule has 1 N–H and O–H groups in total. The fourth-order valence-corrected chi connectivity index (χ4v) is 4.18. The number of rotatable bonds is 8. The highest BCUT2D eigenvalue weighted by Crippen LogP contribution is 2.34. The number of hydrogen-bond acceptors (Lipinski definition) is 5. The lowest BCUT2D eigenvalue weighted by molar-refractivity contribution is -0.158. The highest BCUT2D eigenvalue weighted by atomic mass is 32.1. The molecule has 3 rings (SSSR count). The van der Waals surface area contributed by atoms with Crippen molar-refractivity contribution in [1.29, 1.82) is 5.26 Å². The van der Waals surface area contributed by atoms with Crippen molar-refractivity contribution >= 4 is 34.1 Å². The van der Waals surface area contributed by atoms with Crippen LogP contribution < -0.4 is 0 Å². The third-order valence-corrected chi connectivity index (χ3v) is 5.89. The Morgan fingerprint density at radius 1 is 1.33 bits per heavy atom. The number of fused-ring (bicyclic) bond motifs is 1. The van der Waals surface area contributed by atoms with Gasteiger partial charge in [-0.2, -0.15) is 5.26 Å². The second-order valence-corrected chi connectivity index (χ2v) is 8.25. The van der Waals surface area contributed by atoms with Gasteiger partial charge < -0.3 is 14.6 Å². The maximum atomic E-state index is 12.4. The molecule has 2 aromatic heterocycles. The maximum Gasteiger partial charge on any atom is 0.306 e. The number of nitrogens with zero attached hydrogens (tertiary/aromatic N) is 2. The van der Waals surface area contributed by atoms with Gasteiger partial charge in [-0.15, -0.1) is 11.3 Å². The van der Waals surface area contributed by atoms with Crippen molar-refractivity contribution in [2.24, 2.45) is 0 Å². The van der Waals surface area contributed by atoms with Gasteiger partial charge in [0.15, 0.2) is 6.10 Å². The number of carbonyl (C=O) groups is 2. The van der Waals surface area contributed by atoms with Crippen LogP contribution in [0.3, 0.4) is 0 Å². The van der Waals surface area contributed by atoms with Crippen LogP contribution in [-0.4, -0.2) is 41.5 Å². The average molecular weight is 424 g/mol. The van der Waals surface area contributed by atoms with Crippen LogP contribution >= 0.6 is 11.3 Å². The summed E-state index contributed by atoms with van der Waals surface area (Å²) in [5, 5.41) is 11.8. The number of hydrogen-bond donors (Lipinski definition) is 1. The van der Waals surface area contributed by atoms with E-state index < -0.39 is 12.1 Å². The van der Waals surface area contributed by atoms with E-state index in [1.165, 1.54) is 4.90 Å². The van der Waals surface area contributed by atoms with Crippen molar-refractivity contribution in [2.75, 3.05) is 13.6 Å². The summed E-state index contributed by atoms with van der Waals surface area (Å²) in [4.78, 5) is 30.7. The number of nitrogens with one attached hydrogen (secondary N) is 1. The SMILES string of the molecule is Cc1ccc2[nH]c(-c3cccs3)c(CCC(=O)O[C@@H](C)C(=O)N(C)CCC#N)c2c1. The first kappa shape index (κ1) is 21.6. The van der Waals surface area contributed by atoms with Gasteiger partial charge in [0.1, 0.15) is 0 Å². The normalized spacial score (nSPS) is 11.8. The first-order valence-electron chi connectivity index (χ1n) is 9.87. The molecule has 30 heavy (non-hydrogen) atoms.